The van der Waals surface area contributed by atoms with Crippen LogP contribution in [0.2, 0.25) is 0 Å². The SMILES string of the molecule is C=C(Nc1cc(C(F)(F)F)cc(C(F)(F)F)c1)c1ccc(C(=O)Nc2cc(C(F)(F)F)cc(C(F)(F)F)c2)nc1. The van der Waals surface area contributed by atoms with Crippen molar-refractivity contribution in [3.8, 4) is 0 Å². The van der Waals surface area contributed by atoms with Crippen LogP contribution in [0.4, 0.5) is 64.1 Å². The molecule has 40 heavy (non-hydrogen) atoms. The van der Waals surface area contributed by atoms with E-state index < -0.39 is 69.9 Å². The number of carbonyl (C=O) groups excluding carboxylic acids is 1. The minimum atomic E-state index is -5.16. The Bertz CT molecular complexity index is 1250. The molecule has 0 saturated heterocycles. The zero-order valence-corrected chi connectivity index (χ0v) is 19.3. The number of rotatable bonds is 5. The topological polar surface area (TPSA) is 54.0 Å². The van der Waals surface area contributed by atoms with Gasteiger partial charge in [-0.3, -0.25) is 9.78 Å². The molecular weight excluding hydrogens is 574 g/mol. The van der Waals surface area contributed by atoms with Gasteiger partial charge in [-0.2, -0.15) is 52.7 Å². The molecule has 0 saturated carbocycles. The number of pyridine rings is 1. The van der Waals surface area contributed by atoms with E-state index >= 15 is 0 Å². The van der Waals surface area contributed by atoms with E-state index in [1.165, 1.54) is 0 Å². The number of hydrogen-bond acceptors (Lipinski definition) is 3. The molecule has 3 aromatic rings. The summed E-state index contributed by atoms with van der Waals surface area (Å²) in [7, 11) is 0. The Morgan fingerprint density at radius 3 is 1.30 bits per heavy atom. The highest BCUT2D eigenvalue weighted by molar-refractivity contribution is 6.03. The maximum absolute atomic E-state index is 13.1. The Balaban J connectivity index is 1.82. The second kappa shape index (κ2) is 10.4. The first kappa shape index (κ1) is 30.3. The molecular formula is C24H13F12N3O. The van der Waals surface area contributed by atoms with E-state index in [1.807, 2.05) is 5.32 Å². The fraction of sp³-hybridized carbons (Fsp3) is 0.167. The lowest BCUT2D eigenvalue weighted by Gasteiger charge is -2.16. The maximum atomic E-state index is 13.1. The van der Waals surface area contributed by atoms with Crippen LogP contribution >= 0.6 is 0 Å². The van der Waals surface area contributed by atoms with Crippen LogP contribution in [-0.4, -0.2) is 10.9 Å². The van der Waals surface area contributed by atoms with Gasteiger partial charge in [0, 0.05) is 28.8 Å². The highest BCUT2D eigenvalue weighted by atomic mass is 19.4. The first-order chi connectivity index (χ1) is 18.1. The van der Waals surface area contributed by atoms with Crippen molar-refractivity contribution in [1.82, 2.24) is 4.98 Å². The second-order valence-corrected chi connectivity index (χ2v) is 8.08. The van der Waals surface area contributed by atoms with E-state index in [1.54, 1.807) is 0 Å². The number of hydrogen-bond donors (Lipinski definition) is 2. The average Bonchev–Trinajstić information content (AvgIpc) is 2.81. The van der Waals surface area contributed by atoms with Gasteiger partial charge in [0.05, 0.1) is 22.3 Å². The molecule has 214 valence electrons. The van der Waals surface area contributed by atoms with Crippen LogP contribution in [0.3, 0.4) is 0 Å². The predicted octanol–water partition coefficient (Wildman–Crippen LogP) is 8.49. The van der Waals surface area contributed by atoms with Gasteiger partial charge in [0.2, 0.25) is 0 Å². The molecule has 0 bridgehead atoms. The summed E-state index contributed by atoms with van der Waals surface area (Å²) >= 11 is 0. The van der Waals surface area contributed by atoms with E-state index in [-0.39, 0.29) is 35.5 Å². The molecule has 0 radical (unpaired) electrons. The molecule has 4 nitrogen and oxygen atoms in total. The highest BCUT2D eigenvalue weighted by Gasteiger charge is 2.38. The van der Waals surface area contributed by atoms with Gasteiger partial charge in [0.15, 0.2) is 0 Å². The van der Waals surface area contributed by atoms with Crippen LogP contribution in [0.25, 0.3) is 5.70 Å². The van der Waals surface area contributed by atoms with Gasteiger partial charge < -0.3 is 10.6 Å². The third-order valence-electron chi connectivity index (χ3n) is 5.07. The Hall–Kier alpha value is -4.24. The summed E-state index contributed by atoms with van der Waals surface area (Å²) in [6.45, 7) is 3.48. The number of alkyl halides is 12. The summed E-state index contributed by atoms with van der Waals surface area (Å²) in [6.07, 6.45) is -19.6. The third kappa shape index (κ3) is 7.45. The highest BCUT2D eigenvalue weighted by Crippen LogP contribution is 2.39. The molecule has 1 amide bonds. The largest absolute Gasteiger partial charge is 0.416 e. The van der Waals surface area contributed by atoms with Crippen LogP contribution in [0.5, 0.6) is 0 Å². The van der Waals surface area contributed by atoms with Crippen molar-refractivity contribution in [3.05, 3.63) is 94.8 Å². The number of anilines is 2. The summed E-state index contributed by atoms with van der Waals surface area (Å²) in [4.78, 5) is 16.1. The van der Waals surface area contributed by atoms with E-state index in [0.717, 1.165) is 18.3 Å². The molecule has 0 atom stereocenters. The molecule has 3 rings (SSSR count). The van der Waals surface area contributed by atoms with Gasteiger partial charge in [0.25, 0.3) is 5.91 Å². The molecule has 0 aliphatic carbocycles. The number of carbonyl (C=O) groups is 1. The number of benzene rings is 2. The molecule has 2 N–H and O–H groups in total. The summed E-state index contributed by atoms with van der Waals surface area (Å²) in [6, 6.07) is 3.18. The van der Waals surface area contributed by atoms with E-state index in [4.69, 9.17) is 0 Å². The van der Waals surface area contributed by atoms with Crippen molar-refractivity contribution in [1.29, 1.82) is 0 Å². The first-order valence-electron chi connectivity index (χ1n) is 10.5. The molecule has 0 aliphatic rings. The zero-order valence-electron chi connectivity index (χ0n) is 19.3. The molecule has 1 aromatic heterocycles. The lowest BCUT2D eigenvalue weighted by Crippen LogP contribution is -2.17. The normalized spacial score (nSPS) is 12.7. The van der Waals surface area contributed by atoms with Crippen molar-refractivity contribution >= 4 is 23.0 Å². The standard InChI is InChI=1S/C24H13F12N3O/c1-11(38-17-6-13(21(25,26)27)4-14(7-17)22(28,29)30)12-2-3-19(37-10-12)20(40)39-18-8-15(23(31,32)33)5-16(9-18)24(34,35)36/h2-10,38H,1H2,(H,39,40). The third-order valence-corrected chi connectivity index (χ3v) is 5.07. The van der Waals surface area contributed by atoms with Crippen LogP contribution in [0, 0.1) is 0 Å². The predicted molar refractivity (Wildman–Crippen MR) is 118 cm³/mol. The summed E-state index contributed by atoms with van der Waals surface area (Å²) in [5.41, 5.74) is -8.77. The number of halogens is 12. The Labute approximate surface area is 216 Å². The minimum absolute atomic E-state index is 0.0269. The van der Waals surface area contributed by atoms with Crippen LogP contribution in [0.15, 0.2) is 61.3 Å². The Kier molecular flexibility index (Phi) is 7.87. The number of nitrogens with zero attached hydrogens (tertiary/aromatic N) is 1. The van der Waals surface area contributed by atoms with Crippen LogP contribution < -0.4 is 10.6 Å². The van der Waals surface area contributed by atoms with E-state index in [9.17, 15) is 57.5 Å². The van der Waals surface area contributed by atoms with Gasteiger partial charge in [-0.15, -0.1) is 0 Å². The summed E-state index contributed by atoms with van der Waals surface area (Å²) < 4.78 is 156. The van der Waals surface area contributed by atoms with Crippen molar-refractivity contribution in [2.24, 2.45) is 0 Å². The zero-order chi connectivity index (χ0) is 30.3. The van der Waals surface area contributed by atoms with Crippen LogP contribution in [0.1, 0.15) is 38.3 Å². The summed E-state index contributed by atoms with van der Waals surface area (Å²) in [5, 5.41) is 4.12. The van der Waals surface area contributed by atoms with E-state index in [0.29, 0.717) is 12.1 Å². The van der Waals surface area contributed by atoms with Crippen molar-refractivity contribution in [2.45, 2.75) is 24.7 Å². The van der Waals surface area contributed by atoms with Gasteiger partial charge in [0.1, 0.15) is 5.69 Å². The summed E-state index contributed by atoms with van der Waals surface area (Å²) in [5.74, 6) is -1.22. The molecule has 0 spiro atoms. The number of aromatic nitrogens is 1. The van der Waals surface area contributed by atoms with Crippen molar-refractivity contribution in [2.75, 3.05) is 10.6 Å². The van der Waals surface area contributed by atoms with Gasteiger partial charge >= 0.3 is 24.7 Å². The monoisotopic (exact) mass is 587 g/mol. The Morgan fingerprint density at radius 2 is 0.975 bits per heavy atom. The van der Waals surface area contributed by atoms with Crippen LogP contribution in [-0.2, 0) is 24.7 Å². The van der Waals surface area contributed by atoms with Gasteiger partial charge in [-0.1, -0.05) is 6.58 Å². The van der Waals surface area contributed by atoms with E-state index in [2.05, 4.69) is 16.9 Å². The molecule has 2 aromatic carbocycles. The number of amides is 1. The lowest BCUT2D eigenvalue weighted by atomic mass is 10.1. The fourth-order valence-electron chi connectivity index (χ4n) is 3.20. The maximum Gasteiger partial charge on any atom is 0.416 e. The first-order valence-corrected chi connectivity index (χ1v) is 10.5. The molecule has 16 heteroatoms. The van der Waals surface area contributed by atoms with Gasteiger partial charge in [-0.05, 0) is 48.5 Å². The average molecular weight is 587 g/mol. The van der Waals surface area contributed by atoms with Crippen molar-refractivity contribution < 1.29 is 57.5 Å². The van der Waals surface area contributed by atoms with Gasteiger partial charge in [-0.25, -0.2) is 0 Å². The van der Waals surface area contributed by atoms with Crippen molar-refractivity contribution in [3.63, 3.8) is 0 Å². The Morgan fingerprint density at radius 1 is 0.600 bits per heavy atom. The molecule has 1 heterocycles. The number of nitrogens with one attached hydrogen (secondary N) is 2. The fourth-order valence-corrected chi connectivity index (χ4v) is 3.20. The minimum Gasteiger partial charge on any atom is -0.355 e. The molecule has 0 fully saturated rings. The lowest BCUT2D eigenvalue weighted by molar-refractivity contribution is -0.144. The second-order valence-electron chi connectivity index (χ2n) is 8.08. The molecule has 0 unspecified atom stereocenters. The molecule has 0 aliphatic heterocycles. The quantitative estimate of drug-likeness (QED) is 0.295. The smallest absolute Gasteiger partial charge is 0.355 e.